The number of H-pyrrole nitrogens is 1. The van der Waals surface area contributed by atoms with Gasteiger partial charge in [-0.05, 0) is 24.6 Å². The van der Waals surface area contributed by atoms with Gasteiger partial charge in [0.2, 0.25) is 0 Å². The monoisotopic (exact) mass is 392 g/mol. The molecule has 0 radical (unpaired) electrons. The molecule has 1 fully saturated rings. The van der Waals surface area contributed by atoms with Crippen molar-refractivity contribution in [3.05, 3.63) is 42.9 Å². The molecule has 0 spiro atoms. The second-order valence-electron chi connectivity index (χ2n) is 7.47. The number of hydrogen-bond donors (Lipinski definition) is 2. The number of piperidine rings is 1. The second kappa shape index (κ2) is 6.93. The van der Waals surface area contributed by atoms with Crippen molar-refractivity contribution < 1.29 is 4.39 Å². The van der Waals surface area contributed by atoms with Crippen LogP contribution in [-0.2, 0) is 7.05 Å². The van der Waals surface area contributed by atoms with E-state index < -0.39 is 6.17 Å². The third-order valence-corrected chi connectivity index (χ3v) is 5.18. The van der Waals surface area contributed by atoms with Crippen molar-refractivity contribution in [3.63, 3.8) is 0 Å². The summed E-state index contributed by atoms with van der Waals surface area (Å²) in [5.74, 6) is 0.706. The Bertz CT molecular complexity index is 1160. The fraction of sp³-hybridized carbons (Fsp3) is 0.300. The lowest BCUT2D eigenvalue weighted by Crippen LogP contribution is -2.48. The minimum Gasteiger partial charge on any atom is -0.352 e. The number of nitrogens with zero attached hydrogens (tertiary/aromatic N) is 6. The highest BCUT2D eigenvalue weighted by Gasteiger charge is 2.26. The summed E-state index contributed by atoms with van der Waals surface area (Å²) < 4.78 is 15.7. The Morgan fingerprint density at radius 1 is 1.21 bits per heavy atom. The van der Waals surface area contributed by atoms with Crippen LogP contribution in [0.25, 0.3) is 33.5 Å². The number of fused-ring (bicyclic) bond motifs is 1. The third kappa shape index (κ3) is 3.33. The molecule has 0 unspecified atom stereocenters. The van der Waals surface area contributed by atoms with Gasteiger partial charge in [-0.3, -0.25) is 14.8 Å². The molecule has 9 heteroatoms. The van der Waals surface area contributed by atoms with Gasteiger partial charge >= 0.3 is 0 Å². The van der Waals surface area contributed by atoms with Crippen molar-refractivity contribution in [1.82, 2.24) is 29.9 Å². The summed E-state index contributed by atoms with van der Waals surface area (Å²) in [4.78, 5) is 11.1. The predicted octanol–water partition coefficient (Wildman–Crippen LogP) is 2.30. The third-order valence-electron chi connectivity index (χ3n) is 5.18. The van der Waals surface area contributed by atoms with E-state index in [1.165, 1.54) is 0 Å². The summed E-state index contributed by atoms with van der Waals surface area (Å²) in [6.07, 6.45) is 4.91. The normalized spacial score (nSPS) is 19.8. The van der Waals surface area contributed by atoms with E-state index in [9.17, 15) is 4.39 Å². The highest BCUT2D eigenvalue weighted by atomic mass is 19.1. The van der Waals surface area contributed by atoms with Crippen LogP contribution < -0.4 is 10.6 Å². The first-order valence-corrected chi connectivity index (χ1v) is 9.52. The maximum atomic E-state index is 14.0. The standard InChI is InChI=1S/C20H21FN8/c1-28-9-12(7-24-28)17-6-15-18(8-23-17)26-27-20(15)16-3-2-4-19(25-16)29-10-13(21)5-14(22)11-29/h2-4,6-9,13-14H,5,10-11,22H2,1H3,(H,26,27)/t13-,14+/m1/s1. The number of halogens is 1. The average Bonchev–Trinajstić information content (AvgIpc) is 3.33. The number of aryl methyl sites for hydroxylation is 1. The predicted molar refractivity (Wildman–Crippen MR) is 109 cm³/mol. The summed E-state index contributed by atoms with van der Waals surface area (Å²) >= 11 is 0. The molecule has 0 saturated carbocycles. The van der Waals surface area contributed by atoms with E-state index in [1.54, 1.807) is 17.1 Å². The molecule has 2 atom stereocenters. The highest BCUT2D eigenvalue weighted by Crippen LogP contribution is 2.29. The van der Waals surface area contributed by atoms with Crippen LogP contribution in [0.5, 0.6) is 0 Å². The Morgan fingerprint density at radius 2 is 2.10 bits per heavy atom. The van der Waals surface area contributed by atoms with Crippen LogP contribution in [0.3, 0.4) is 0 Å². The Kier molecular flexibility index (Phi) is 4.24. The van der Waals surface area contributed by atoms with Gasteiger partial charge in [-0.15, -0.1) is 0 Å². The van der Waals surface area contributed by atoms with Gasteiger partial charge < -0.3 is 10.6 Å². The van der Waals surface area contributed by atoms with E-state index in [2.05, 4.69) is 20.3 Å². The molecule has 5 heterocycles. The van der Waals surface area contributed by atoms with E-state index in [-0.39, 0.29) is 6.04 Å². The summed E-state index contributed by atoms with van der Waals surface area (Å²) in [7, 11) is 1.87. The molecule has 0 aliphatic carbocycles. The van der Waals surface area contributed by atoms with E-state index in [0.29, 0.717) is 31.0 Å². The minimum atomic E-state index is -0.941. The first kappa shape index (κ1) is 17.7. The molecule has 0 bridgehead atoms. The van der Waals surface area contributed by atoms with Crippen molar-refractivity contribution in [2.45, 2.75) is 18.6 Å². The van der Waals surface area contributed by atoms with Crippen molar-refractivity contribution in [2.75, 3.05) is 18.0 Å². The van der Waals surface area contributed by atoms with Gasteiger partial charge in [0.15, 0.2) is 0 Å². The number of nitrogens with one attached hydrogen (secondary N) is 1. The molecule has 148 valence electrons. The molecule has 3 N–H and O–H groups in total. The van der Waals surface area contributed by atoms with Gasteiger partial charge in [0.1, 0.15) is 17.7 Å². The Morgan fingerprint density at radius 3 is 2.90 bits per heavy atom. The number of hydrogen-bond acceptors (Lipinski definition) is 6. The van der Waals surface area contributed by atoms with Gasteiger partial charge in [0.05, 0.1) is 35.8 Å². The molecule has 1 aliphatic rings. The number of anilines is 1. The second-order valence-corrected chi connectivity index (χ2v) is 7.47. The molecule has 8 nitrogen and oxygen atoms in total. The van der Waals surface area contributed by atoms with Crippen molar-refractivity contribution >= 4 is 16.7 Å². The zero-order chi connectivity index (χ0) is 20.0. The van der Waals surface area contributed by atoms with Crippen molar-refractivity contribution in [3.8, 4) is 22.6 Å². The van der Waals surface area contributed by atoms with Crippen LogP contribution in [-0.4, -0.2) is 55.2 Å². The van der Waals surface area contributed by atoms with Crippen LogP contribution in [0.1, 0.15) is 6.42 Å². The number of aromatic amines is 1. The quantitative estimate of drug-likeness (QED) is 0.555. The molecular weight excluding hydrogens is 371 g/mol. The number of nitrogens with two attached hydrogens (primary N) is 1. The maximum Gasteiger partial charge on any atom is 0.129 e. The average molecular weight is 392 g/mol. The van der Waals surface area contributed by atoms with Gasteiger partial charge in [-0.25, -0.2) is 9.37 Å². The SMILES string of the molecule is Cn1cc(-c2cc3c(-c4cccc(N5C[C@@H](N)C[C@@H](F)C5)n4)n[nH]c3cn2)cn1. The largest absolute Gasteiger partial charge is 0.352 e. The van der Waals surface area contributed by atoms with Crippen molar-refractivity contribution in [2.24, 2.45) is 12.8 Å². The van der Waals surface area contributed by atoms with E-state index in [4.69, 9.17) is 10.7 Å². The molecule has 29 heavy (non-hydrogen) atoms. The molecule has 5 rings (SSSR count). The molecule has 0 aromatic carbocycles. The Labute approximate surface area is 166 Å². The van der Waals surface area contributed by atoms with Crippen LogP contribution in [0.4, 0.5) is 10.2 Å². The molecule has 1 saturated heterocycles. The molecule has 4 aromatic rings. The van der Waals surface area contributed by atoms with Crippen LogP contribution >= 0.6 is 0 Å². The summed E-state index contributed by atoms with van der Waals surface area (Å²) in [6, 6.07) is 7.48. The van der Waals surface area contributed by atoms with Gasteiger partial charge in [-0.2, -0.15) is 10.2 Å². The van der Waals surface area contributed by atoms with Crippen LogP contribution in [0, 0.1) is 0 Å². The van der Waals surface area contributed by atoms with E-state index >= 15 is 0 Å². The van der Waals surface area contributed by atoms with Gasteiger partial charge in [-0.1, -0.05) is 6.07 Å². The highest BCUT2D eigenvalue weighted by molar-refractivity contribution is 5.93. The Hall–Kier alpha value is -3.33. The van der Waals surface area contributed by atoms with Gasteiger partial charge in [0, 0.05) is 36.8 Å². The maximum absolute atomic E-state index is 14.0. The van der Waals surface area contributed by atoms with E-state index in [1.807, 2.05) is 42.4 Å². The lowest BCUT2D eigenvalue weighted by Gasteiger charge is -2.33. The van der Waals surface area contributed by atoms with E-state index in [0.717, 1.165) is 27.9 Å². The summed E-state index contributed by atoms with van der Waals surface area (Å²) in [5, 5.41) is 12.6. The number of alkyl halides is 1. The number of aromatic nitrogens is 6. The lowest BCUT2D eigenvalue weighted by atomic mass is 10.1. The molecule has 4 aromatic heterocycles. The van der Waals surface area contributed by atoms with Crippen LogP contribution in [0.2, 0.25) is 0 Å². The molecular formula is C20H21FN8. The van der Waals surface area contributed by atoms with Crippen LogP contribution in [0.15, 0.2) is 42.9 Å². The zero-order valence-electron chi connectivity index (χ0n) is 16.0. The Balaban J connectivity index is 1.54. The molecule has 0 amide bonds. The number of pyridine rings is 2. The smallest absolute Gasteiger partial charge is 0.129 e. The fourth-order valence-corrected chi connectivity index (χ4v) is 3.82. The first-order chi connectivity index (χ1) is 14.1. The zero-order valence-corrected chi connectivity index (χ0v) is 16.0. The van der Waals surface area contributed by atoms with Gasteiger partial charge in [0.25, 0.3) is 0 Å². The fourth-order valence-electron chi connectivity index (χ4n) is 3.82. The minimum absolute atomic E-state index is 0.191. The first-order valence-electron chi connectivity index (χ1n) is 9.52. The number of rotatable bonds is 3. The van der Waals surface area contributed by atoms with Crippen molar-refractivity contribution in [1.29, 1.82) is 0 Å². The molecule has 1 aliphatic heterocycles. The lowest BCUT2D eigenvalue weighted by molar-refractivity contribution is 0.268. The summed E-state index contributed by atoms with van der Waals surface area (Å²) in [6.45, 7) is 0.897. The summed E-state index contributed by atoms with van der Waals surface area (Å²) in [5.41, 5.74) is 10.0. The topological polar surface area (TPSA) is 102 Å².